The Morgan fingerprint density at radius 2 is 2.06 bits per heavy atom. The average Bonchev–Trinajstić information content (AvgIpc) is 2.83. The van der Waals surface area contributed by atoms with Crippen molar-refractivity contribution < 1.29 is 14.3 Å². The van der Waals surface area contributed by atoms with Crippen LogP contribution in [0.2, 0.25) is 0 Å². The zero-order valence-corrected chi connectivity index (χ0v) is 11.1. The second-order valence-corrected chi connectivity index (χ2v) is 4.52. The number of rotatable bonds is 7. The fourth-order valence-electron chi connectivity index (χ4n) is 1.54. The Balaban J connectivity index is 2.61. The quantitative estimate of drug-likeness (QED) is 0.764. The van der Waals surface area contributed by atoms with Crippen LogP contribution in [0.4, 0.5) is 0 Å². The van der Waals surface area contributed by atoms with Crippen LogP contribution in [0.5, 0.6) is 0 Å². The molecule has 6 nitrogen and oxygen atoms in total. The molecule has 0 aliphatic heterocycles. The van der Waals surface area contributed by atoms with Crippen molar-refractivity contribution in [3.63, 3.8) is 0 Å². The second-order valence-electron chi connectivity index (χ2n) is 4.52. The topological polar surface area (TPSA) is 88.2 Å². The van der Waals surface area contributed by atoms with Gasteiger partial charge >= 0.3 is 0 Å². The van der Waals surface area contributed by atoms with Gasteiger partial charge in [0, 0.05) is 24.8 Å². The number of hydrogen-bond donors (Lipinski definition) is 2. The zero-order chi connectivity index (χ0) is 13.5. The summed E-state index contributed by atoms with van der Waals surface area (Å²) in [6.45, 7) is 6.15. The van der Waals surface area contributed by atoms with Gasteiger partial charge in [-0.1, -0.05) is 20.8 Å². The lowest BCUT2D eigenvalue weighted by Crippen LogP contribution is -2.27. The maximum Gasteiger partial charge on any atom is 0.220 e. The Labute approximate surface area is 107 Å². The minimum atomic E-state index is -0.111. The van der Waals surface area contributed by atoms with Crippen LogP contribution in [-0.4, -0.2) is 34.4 Å². The van der Waals surface area contributed by atoms with Crippen molar-refractivity contribution in [1.29, 1.82) is 0 Å². The molecule has 0 aliphatic rings. The summed E-state index contributed by atoms with van der Waals surface area (Å²) in [5.74, 6) is 1.12. The lowest BCUT2D eigenvalue weighted by atomic mass is 10.0. The van der Waals surface area contributed by atoms with E-state index in [1.807, 2.05) is 20.8 Å². The fourth-order valence-corrected chi connectivity index (χ4v) is 1.54. The Hall–Kier alpha value is -1.43. The molecule has 0 aromatic carbocycles. The molecular weight excluding hydrogens is 234 g/mol. The van der Waals surface area contributed by atoms with E-state index in [0.29, 0.717) is 18.2 Å². The van der Waals surface area contributed by atoms with Gasteiger partial charge in [0.25, 0.3) is 0 Å². The Morgan fingerprint density at radius 3 is 2.56 bits per heavy atom. The monoisotopic (exact) mass is 255 g/mol. The van der Waals surface area contributed by atoms with Gasteiger partial charge < -0.3 is 14.8 Å². The van der Waals surface area contributed by atoms with E-state index in [4.69, 9.17) is 9.52 Å². The fraction of sp³-hybridized carbons (Fsp3) is 0.750. The summed E-state index contributed by atoms with van der Waals surface area (Å²) in [5.41, 5.74) is 0. The molecule has 1 atom stereocenters. The van der Waals surface area contributed by atoms with Crippen LogP contribution in [-0.2, 0) is 4.79 Å². The molecule has 2 N–H and O–H groups in total. The molecule has 0 bridgehead atoms. The predicted octanol–water partition coefficient (Wildman–Crippen LogP) is 1.19. The summed E-state index contributed by atoms with van der Waals surface area (Å²) in [4.78, 5) is 11.6. The molecule has 0 saturated heterocycles. The molecule has 0 radical (unpaired) electrons. The first-order valence-corrected chi connectivity index (χ1v) is 6.29. The molecule has 0 aliphatic carbocycles. The molecule has 1 aromatic rings. The van der Waals surface area contributed by atoms with Crippen LogP contribution in [0, 0.1) is 0 Å². The van der Waals surface area contributed by atoms with Crippen molar-refractivity contribution in [2.45, 2.75) is 45.4 Å². The molecule has 0 saturated carbocycles. The number of aliphatic hydroxyl groups is 1. The standard InChI is InChI=1S/C12H21N3O3/c1-4-9(7-10(17)13-5-6-16)12-15-14-11(18-12)8(2)3/h8-9,16H,4-7H2,1-3H3,(H,13,17). The highest BCUT2D eigenvalue weighted by Gasteiger charge is 2.21. The third kappa shape index (κ3) is 4.10. The highest BCUT2D eigenvalue weighted by atomic mass is 16.4. The van der Waals surface area contributed by atoms with Gasteiger partial charge in [0.05, 0.1) is 6.61 Å². The zero-order valence-electron chi connectivity index (χ0n) is 11.1. The maximum absolute atomic E-state index is 11.6. The molecule has 0 spiro atoms. The highest BCUT2D eigenvalue weighted by molar-refractivity contribution is 5.76. The number of nitrogens with one attached hydrogen (secondary N) is 1. The van der Waals surface area contributed by atoms with Crippen molar-refractivity contribution in [1.82, 2.24) is 15.5 Å². The summed E-state index contributed by atoms with van der Waals surface area (Å²) in [6, 6.07) is 0. The van der Waals surface area contributed by atoms with E-state index in [0.717, 1.165) is 6.42 Å². The normalized spacial score (nSPS) is 12.7. The minimum absolute atomic E-state index is 0.0550. The maximum atomic E-state index is 11.6. The van der Waals surface area contributed by atoms with Crippen LogP contribution in [0.3, 0.4) is 0 Å². The molecule has 6 heteroatoms. The Bertz CT molecular complexity index is 376. The van der Waals surface area contributed by atoms with Crippen LogP contribution in [0.1, 0.15) is 57.2 Å². The van der Waals surface area contributed by atoms with Gasteiger partial charge in [-0.25, -0.2) is 0 Å². The van der Waals surface area contributed by atoms with Crippen molar-refractivity contribution in [2.75, 3.05) is 13.2 Å². The first kappa shape index (κ1) is 14.6. The molecule has 1 amide bonds. The number of amides is 1. The number of aromatic nitrogens is 2. The van der Waals surface area contributed by atoms with E-state index in [2.05, 4.69) is 15.5 Å². The van der Waals surface area contributed by atoms with Crippen molar-refractivity contribution in [3.8, 4) is 0 Å². The lowest BCUT2D eigenvalue weighted by Gasteiger charge is -2.10. The van der Waals surface area contributed by atoms with Crippen molar-refractivity contribution in [2.24, 2.45) is 0 Å². The largest absolute Gasteiger partial charge is 0.425 e. The predicted molar refractivity (Wildman–Crippen MR) is 66.1 cm³/mol. The molecule has 18 heavy (non-hydrogen) atoms. The number of carbonyl (C=O) groups is 1. The van der Waals surface area contributed by atoms with E-state index in [-0.39, 0.29) is 30.9 Å². The third-order valence-electron chi connectivity index (χ3n) is 2.66. The SMILES string of the molecule is CCC(CC(=O)NCCO)c1nnc(C(C)C)o1. The molecule has 1 heterocycles. The Kier molecular flexibility index (Phi) is 5.77. The average molecular weight is 255 g/mol. The number of aliphatic hydroxyl groups excluding tert-OH is 1. The molecule has 1 unspecified atom stereocenters. The van der Waals surface area contributed by atoms with Gasteiger partial charge in [0.2, 0.25) is 17.7 Å². The van der Waals surface area contributed by atoms with Gasteiger partial charge in [-0.2, -0.15) is 0 Å². The van der Waals surface area contributed by atoms with E-state index < -0.39 is 0 Å². The van der Waals surface area contributed by atoms with E-state index in [1.165, 1.54) is 0 Å². The summed E-state index contributed by atoms with van der Waals surface area (Å²) in [5, 5.41) is 19.2. The highest BCUT2D eigenvalue weighted by Crippen LogP contribution is 2.24. The first-order chi connectivity index (χ1) is 8.58. The molecule has 0 fully saturated rings. The summed E-state index contributed by atoms with van der Waals surface area (Å²) < 4.78 is 5.55. The van der Waals surface area contributed by atoms with E-state index in [1.54, 1.807) is 0 Å². The molecule has 1 rings (SSSR count). The second kappa shape index (κ2) is 7.10. The van der Waals surface area contributed by atoms with Crippen molar-refractivity contribution >= 4 is 5.91 Å². The Morgan fingerprint density at radius 1 is 1.39 bits per heavy atom. The number of hydrogen-bond acceptors (Lipinski definition) is 5. The first-order valence-electron chi connectivity index (χ1n) is 6.29. The van der Waals surface area contributed by atoms with Crippen molar-refractivity contribution in [3.05, 3.63) is 11.8 Å². The summed E-state index contributed by atoms with van der Waals surface area (Å²) >= 11 is 0. The summed E-state index contributed by atoms with van der Waals surface area (Å²) in [6.07, 6.45) is 1.06. The van der Waals surface area contributed by atoms with Gasteiger partial charge in [0.15, 0.2) is 0 Å². The minimum Gasteiger partial charge on any atom is -0.425 e. The lowest BCUT2D eigenvalue weighted by molar-refractivity contribution is -0.121. The molecule has 1 aromatic heterocycles. The van der Waals surface area contributed by atoms with Crippen LogP contribution in [0.15, 0.2) is 4.42 Å². The number of nitrogens with zero attached hydrogens (tertiary/aromatic N) is 2. The molecule has 102 valence electrons. The van der Waals surface area contributed by atoms with Gasteiger partial charge in [-0.15, -0.1) is 10.2 Å². The van der Waals surface area contributed by atoms with Gasteiger partial charge in [-0.05, 0) is 6.42 Å². The third-order valence-corrected chi connectivity index (χ3v) is 2.66. The van der Waals surface area contributed by atoms with E-state index in [9.17, 15) is 4.79 Å². The van der Waals surface area contributed by atoms with Gasteiger partial charge in [-0.3, -0.25) is 4.79 Å². The van der Waals surface area contributed by atoms with Crippen LogP contribution < -0.4 is 5.32 Å². The van der Waals surface area contributed by atoms with Crippen LogP contribution >= 0.6 is 0 Å². The molecular formula is C12H21N3O3. The van der Waals surface area contributed by atoms with Crippen LogP contribution in [0.25, 0.3) is 0 Å². The van der Waals surface area contributed by atoms with E-state index >= 15 is 0 Å². The number of carbonyl (C=O) groups excluding carboxylic acids is 1. The smallest absolute Gasteiger partial charge is 0.220 e. The summed E-state index contributed by atoms with van der Waals surface area (Å²) in [7, 11) is 0. The van der Waals surface area contributed by atoms with Gasteiger partial charge in [0.1, 0.15) is 0 Å².